The molecule has 11 heteroatoms. The molecule has 0 fully saturated rings. The third-order valence-electron chi connectivity index (χ3n) is 2.70. The molecular weight excluding hydrogens is 399 g/mol. The van der Waals surface area contributed by atoms with Gasteiger partial charge in [-0.1, -0.05) is 47.8 Å². The number of benzene rings is 1. The minimum absolute atomic E-state index is 0.0311. The summed E-state index contributed by atoms with van der Waals surface area (Å²) in [5, 5.41) is 18.7. The van der Waals surface area contributed by atoms with Gasteiger partial charge in [-0.25, -0.2) is 0 Å². The molecule has 0 unspecified atom stereocenters. The molecule has 0 aliphatic heterocycles. The highest BCUT2D eigenvalue weighted by Gasteiger charge is 2.34. The molecule has 1 aromatic rings. The number of carbonyl (C=O) groups excluding carboxylic acids is 1. The Morgan fingerprint density at radius 2 is 2.04 bits per heavy atom. The van der Waals surface area contributed by atoms with E-state index in [0.717, 1.165) is 0 Å². The molecule has 1 aromatic carbocycles. The first-order valence-corrected chi connectivity index (χ1v) is 8.35. The summed E-state index contributed by atoms with van der Waals surface area (Å²) < 4.78 is -1.85. The van der Waals surface area contributed by atoms with Crippen LogP contribution in [0, 0.1) is 10.1 Å². The molecule has 0 saturated heterocycles. The molecule has 0 heterocycles. The summed E-state index contributed by atoms with van der Waals surface area (Å²) in [7, 11) is 0. The Morgan fingerprint density at radius 1 is 1.38 bits per heavy atom. The molecule has 0 aliphatic rings. The summed E-state index contributed by atoms with van der Waals surface area (Å²) in [6.07, 6.45) is -0.168. The molecule has 24 heavy (non-hydrogen) atoms. The smallest absolute Gasteiger partial charge is 0.271 e. The number of thiocarbonyl (C=S) groups is 1. The van der Waals surface area contributed by atoms with Gasteiger partial charge in [-0.2, -0.15) is 0 Å². The number of nitro groups is 1. The van der Waals surface area contributed by atoms with Crippen LogP contribution in [-0.4, -0.2) is 25.9 Å². The predicted molar refractivity (Wildman–Crippen MR) is 99.6 cm³/mol. The van der Waals surface area contributed by atoms with Gasteiger partial charge in [0, 0.05) is 24.2 Å². The minimum atomic E-state index is -1.85. The molecule has 0 aromatic heterocycles. The zero-order valence-electron chi connectivity index (χ0n) is 12.5. The van der Waals surface area contributed by atoms with Gasteiger partial charge in [-0.05, 0) is 24.7 Å². The van der Waals surface area contributed by atoms with E-state index < -0.39 is 14.9 Å². The number of amides is 1. The first-order valence-electron chi connectivity index (χ1n) is 6.81. The topological polar surface area (TPSA) is 96.3 Å². The predicted octanol–water partition coefficient (Wildman–Crippen LogP) is 3.49. The van der Waals surface area contributed by atoms with Crippen LogP contribution in [0.4, 0.5) is 11.4 Å². The maximum Gasteiger partial charge on any atom is 0.271 e. The molecule has 132 valence electrons. The highest BCUT2D eigenvalue weighted by atomic mass is 35.6. The Hall–Kier alpha value is -1.35. The molecule has 3 N–H and O–H groups in total. The van der Waals surface area contributed by atoms with E-state index >= 15 is 0 Å². The van der Waals surface area contributed by atoms with Crippen LogP contribution in [-0.2, 0) is 4.79 Å². The molecular formula is C13H15Cl3N4O3S. The first-order chi connectivity index (χ1) is 11.1. The lowest BCUT2D eigenvalue weighted by Crippen LogP contribution is -2.56. The van der Waals surface area contributed by atoms with Gasteiger partial charge in [-0.15, -0.1) is 0 Å². The lowest BCUT2D eigenvalue weighted by molar-refractivity contribution is -0.384. The fourth-order valence-electron chi connectivity index (χ4n) is 1.66. The number of hydrogen-bond donors (Lipinski definition) is 3. The van der Waals surface area contributed by atoms with Crippen molar-refractivity contribution in [3.63, 3.8) is 0 Å². The number of halogens is 3. The number of nitrogens with zero attached hydrogens (tertiary/aromatic N) is 1. The fourth-order valence-corrected chi connectivity index (χ4v) is 2.22. The van der Waals surface area contributed by atoms with Crippen LogP contribution in [0.5, 0.6) is 0 Å². The van der Waals surface area contributed by atoms with Gasteiger partial charge in [-0.3, -0.25) is 14.9 Å². The van der Waals surface area contributed by atoms with E-state index in [0.29, 0.717) is 12.1 Å². The maximum absolute atomic E-state index is 11.7. The van der Waals surface area contributed by atoms with E-state index in [2.05, 4.69) is 16.0 Å². The second kappa shape index (κ2) is 9.22. The third-order valence-corrected chi connectivity index (χ3v) is 3.57. The van der Waals surface area contributed by atoms with Crippen molar-refractivity contribution in [1.82, 2.24) is 10.6 Å². The van der Waals surface area contributed by atoms with E-state index in [4.69, 9.17) is 47.0 Å². The van der Waals surface area contributed by atoms with Gasteiger partial charge in [0.1, 0.15) is 6.17 Å². The molecule has 0 aliphatic carbocycles. The van der Waals surface area contributed by atoms with Gasteiger partial charge >= 0.3 is 0 Å². The number of anilines is 1. The number of carbonyl (C=O) groups is 1. The van der Waals surface area contributed by atoms with E-state index in [-0.39, 0.29) is 23.1 Å². The molecule has 0 radical (unpaired) electrons. The standard InChI is InChI=1S/C13H15Cl3N4O3S/c1-2-4-10(21)18-11(13(14,15)16)19-12(24)17-8-5-3-6-9(7-8)20(22)23/h3,5-7,11H,2,4H2,1H3,(H,18,21)(H2,17,19,24)/t11-/m1/s1. The number of nitro benzene ring substituents is 1. The van der Waals surface area contributed by atoms with Crippen molar-refractivity contribution in [2.45, 2.75) is 29.7 Å². The van der Waals surface area contributed by atoms with Crippen molar-refractivity contribution < 1.29 is 9.72 Å². The Balaban J connectivity index is 2.76. The molecule has 7 nitrogen and oxygen atoms in total. The second-order valence-electron chi connectivity index (χ2n) is 4.70. The van der Waals surface area contributed by atoms with Gasteiger partial charge in [0.05, 0.1) is 4.92 Å². The molecule has 0 spiro atoms. The highest BCUT2D eigenvalue weighted by Crippen LogP contribution is 2.29. The minimum Gasteiger partial charge on any atom is -0.339 e. The average molecular weight is 414 g/mol. The first kappa shape index (κ1) is 20.7. The van der Waals surface area contributed by atoms with Gasteiger partial charge in [0.2, 0.25) is 9.70 Å². The van der Waals surface area contributed by atoms with Gasteiger partial charge < -0.3 is 16.0 Å². The van der Waals surface area contributed by atoms with Crippen molar-refractivity contribution >= 4 is 69.4 Å². The Morgan fingerprint density at radius 3 is 2.58 bits per heavy atom. The van der Waals surface area contributed by atoms with Gasteiger partial charge in [0.15, 0.2) is 5.11 Å². The average Bonchev–Trinajstić information content (AvgIpc) is 2.46. The lowest BCUT2D eigenvalue weighted by atomic mass is 10.3. The summed E-state index contributed by atoms with van der Waals surface area (Å²) in [6, 6.07) is 5.73. The molecule has 0 saturated carbocycles. The Bertz CT molecular complexity index is 625. The third kappa shape index (κ3) is 7.04. The summed E-state index contributed by atoms with van der Waals surface area (Å²) in [6.45, 7) is 1.84. The van der Waals surface area contributed by atoms with Crippen LogP contribution in [0.25, 0.3) is 0 Å². The molecule has 1 rings (SSSR count). The molecule has 0 bridgehead atoms. The number of hydrogen-bond acceptors (Lipinski definition) is 4. The number of alkyl halides is 3. The van der Waals surface area contributed by atoms with Gasteiger partial charge in [0.25, 0.3) is 5.69 Å². The number of nitrogens with one attached hydrogen (secondary N) is 3. The number of non-ortho nitro benzene ring substituents is 1. The van der Waals surface area contributed by atoms with Crippen LogP contribution >= 0.6 is 47.0 Å². The Labute approximate surface area is 159 Å². The van der Waals surface area contributed by atoms with Crippen molar-refractivity contribution in [3.8, 4) is 0 Å². The molecule has 1 atom stereocenters. The van der Waals surface area contributed by atoms with Crippen LogP contribution in [0.3, 0.4) is 0 Å². The van der Waals surface area contributed by atoms with Crippen molar-refractivity contribution in [2.75, 3.05) is 5.32 Å². The van der Waals surface area contributed by atoms with Crippen LogP contribution in [0.1, 0.15) is 19.8 Å². The van der Waals surface area contributed by atoms with E-state index in [1.54, 1.807) is 6.07 Å². The number of rotatable bonds is 6. The fraction of sp³-hybridized carbons (Fsp3) is 0.385. The second-order valence-corrected chi connectivity index (χ2v) is 7.48. The SMILES string of the molecule is CCCC(=O)N[C@H](NC(=S)Nc1cccc([N+](=O)[O-])c1)C(Cl)(Cl)Cl. The zero-order valence-corrected chi connectivity index (χ0v) is 15.6. The monoisotopic (exact) mass is 412 g/mol. The van der Waals surface area contributed by atoms with Crippen molar-refractivity contribution in [1.29, 1.82) is 0 Å². The highest BCUT2D eigenvalue weighted by molar-refractivity contribution is 7.80. The van der Waals surface area contributed by atoms with Crippen LogP contribution in [0.2, 0.25) is 0 Å². The summed E-state index contributed by atoms with van der Waals surface area (Å²) >= 11 is 22.6. The van der Waals surface area contributed by atoms with E-state index in [1.165, 1.54) is 18.2 Å². The van der Waals surface area contributed by atoms with Crippen molar-refractivity contribution in [3.05, 3.63) is 34.4 Å². The van der Waals surface area contributed by atoms with Crippen LogP contribution in [0.15, 0.2) is 24.3 Å². The van der Waals surface area contributed by atoms with E-state index in [1.807, 2.05) is 6.92 Å². The summed E-state index contributed by atoms with van der Waals surface area (Å²) in [5.74, 6) is -0.306. The summed E-state index contributed by atoms with van der Waals surface area (Å²) in [4.78, 5) is 21.9. The summed E-state index contributed by atoms with van der Waals surface area (Å²) in [5.41, 5.74) is 0.279. The lowest BCUT2D eigenvalue weighted by Gasteiger charge is -2.27. The van der Waals surface area contributed by atoms with Crippen LogP contribution < -0.4 is 16.0 Å². The normalized spacial score (nSPS) is 12.2. The Kier molecular flexibility index (Phi) is 7.95. The quantitative estimate of drug-likeness (QED) is 0.217. The largest absolute Gasteiger partial charge is 0.339 e. The van der Waals surface area contributed by atoms with Crippen molar-refractivity contribution in [2.24, 2.45) is 0 Å². The van der Waals surface area contributed by atoms with E-state index in [9.17, 15) is 14.9 Å². The zero-order chi connectivity index (χ0) is 18.3. The molecule has 1 amide bonds. The maximum atomic E-state index is 11.7.